The molecule has 0 radical (unpaired) electrons. The van der Waals surface area contributed by atoms with Crippen LogP contribution >= 0.6 is 0 Å². The van der Waals surface area contributed by atoms with Gasteiger partial charge in [0.15, 0.2) is 5.78 Å². The van der Waals surface area contributed by atoms with Crippen LogP contribution in [0.15, 0.2) is 41.0 Å². The molecule has 0 saturated carbocycles. The van der Waals surface area contributed by atoms with Gasteiger partial charge < -0.3 is 9.84 Å². The van der Waals surface area contributed by atoms with Crippen LogP contribution in [-0.4, -0.2) is 29.2 Å². The number of nitrogens with zero attached hydrogens (tertiary/aromatic N) is 1. The Labute approximate surface area is 110 Å². The molecule has 19 heavy (non-hydrogen) atoms. The molecule has 5 nitrogen and oxygen atoms in total. The SMILES string of the molecule is CC(=O)C1=NC=C(COC(=O)c2ccccc2O)C1. The second kappa shape index (κ2) is 5.48. The topological polar surface area (TPSA) is 76.0 Å². The number of phenolic OH excluding ortho intramolecular Hbond substituents is 1. The minimum absolute atomic E-state index is 0.0629. The van der Waals surface area contributed by atoms with Gasteiger partial charge in [0.05, 0.1) is 5.71 Å². The monoisotopic (exact) mass is 259 g/mol. The summed E-state index contributed by atoms with van der Waals surface area (Å²) in [4.78, 5) is 26.8. The maximum atomic E-state index is 11.7. The summed E-state index contributed by atoms with van der Waals surface area (Å²) in [5.41, 5.74) is 1.34. The normalized spacial score (nSPS) is 13.7. The highest BCUT2D eigenvalue weighted by Gasteiger charge is 2.17. The Morgan fingerprint density at radius 1 is 1.37 bits per heavy atom. The third-order valence-electron chi connectivity index (χ3n) is 2.72. The Morgan fingerprint density at radius 3 is 2.74 bits per heavy atom. The number of ether oxygens (including phenoxy) is 1. The first-order chi connectivity index (χ1) is 9.08. The van der Waals surface area contributed by atoms with Crippen LogP contribution in [0, 0.1) is 0 Å². The zero-order chi connectivity index (χ0) is 13.8. The Hall–Kier alpha value is -2.43. The molecule has 0 bridgehead atoms. The van der Waals surface area contributed by atoms with Crippen LogP contribution in [0.2, 0.25) is 0 Å². The van der Waals surface area contributed by atoms with Crippen molar-refractivity contribution < 1.29 is 19.4 Å². The number of carbonyl (C=O) groups excluding carboxylic acids is 2. The van der Waals surface area contributed by atoms with Gasteiger partial charge in [0.1, 0.15) is 17.9 Å². The number of benzene rings is 1. The molecule has 2 rings (SSSR count). The molecule has 1 aromatic rings. The molecule has 0 amide bonds. The number of hydrogen-bond acceptors (Lipinski definition) is 5. The second-order valence-electron chi connectivity index (χ2n) is 4.19. The molecular formula is C14H13NO4. The molecule has 0 saturated heterocycles. The van der Waals surface area contributed by atoms with E-state index in [1.54, 1.807) is 12.1 Å². The van der Waals surface area contributed by atoms with Crippen LogP contribution in [-0.2, 0) is 9.53 Å². The number of rotatable bonds is 4. The fourth-order valence-corrected chi connectivity index (χ4v) is 1.66. The zero-order valence-corrected chi connectivity index (χ0v) is 10.4. The molecule has 98 valence electrons. The van der Waals surface area contributed by atoms with Gasteiger partial charge in [0.25, 0.3) is 0 Å². The molecule has 0 unspecified atom stereocenters. The third-order valence-corrected chi connectivity index (χ3v) is 2.72. The van der Waals surface area contributed by atoms with E-state index in [4.69, 9.17) is 4.74 Å². The molecule has 1 aliphatic heterocycles. The van der Waals surface area contributed by atoms with Gasteiger partial charge in [0, 0.05) is 19.5 Å². The van der Waals surface area contributed by atoms with E-state index in [9.17, 15) is 14.7 Å². The average molecular weight is 259 g/mol. The molecular weight excluding hydrogens is 246 g/mol. The van der Waals surface area contributed by atoms with Crippen molar-refractivity contribution in [1.29, 1.82) is 0 Å². The summed E-state index contributed by atoms with van der Waals surface area (Å²) in [7, 11) is 0. The third kappa shape index (κ3) is 3.07. The predicted molar refractivity (Wildman–Crippen MR) is 69.2 cm³/mol. The maximum Gasteiger partial charge on any atom is 0.342 e. The summed E-state index contributed by atoms with van der Waals surface area (Å²) >= 11 is 0. The Bertz CT molecular complexity index is 587. The lowest BCUT2D eigenvalue weighted by Gasteiger charge is -2.06. The van der Waals surface area contributed by atoms with E-state index in [1.807, 2.05) is 0 Å². The number of aromatic hydroxyl groups is 1. The lowest BCUT2D eigenvalue weighted by Crippen LogP contribution is -2.11. The fraction of sp³-hybridized carbons (Fsp3) is 0.214. The van der Waals surface area contributed by atoms with Gasteiger partial charge in [-0.2, -0.15) is 0 Å². The van der Waals surface area contributed by atoms with Crippen molar-refractivity contribution >= 4 is 17.5 Å². The molecule has 0 atom stereocenters. The first-order valence-corrected chi connectivity index (χ1v) is 5.78. The van der Waals surface area contributed by atoms with Gasteiger partial charge in [-0.3, -0.25) is 9.79 Å². The van der Waals surface area contributed by atoms with Crippen LogP contribution < -0.4 is 0 Å². The fourth-order valence-electron chi connectivity index (χ4n) is 1.66. The van der Waals surface area contributed by atoms with E-state index >= 15 is 0 Å². The van der Waals surface area contributed by atoms with Crippen LogP contribution in [0.25, 0.3) is 0 Å². The molecule has 0 spiro atoms. The van der Waals surface area contributed by atoms with E-state index < -0.39 is 5.97 Å². The second-order valence-corrected chi connectivity index (χ2v) is 4.19. The highest BCUT2D eigenvalue weighted by atomic mass is 16.5. The van der Waals surface area contributed by atoms with E-state index in [0.717, 1.165) is 5.57 Å². The van der Waals surface area contributed by atoms with Crippen LogP contribution in [0.5, 0.6) is 5.75 Å². The summed E-state index contributed by atoms with van der Waals surface area (Å²) < 4.78 is 5.07. The quantitative estimate of drug-likeness (QED) is 0.837. The van der Waals surface area contributed by atoms with Gasteiger partial charge in [-0.15, -0.1) is 0 Å². The zero-order valence-electron chi connectivity index (χ0n) is 10.4. The van der Waals surface area contributed by atoms with Crippen molar-refractivity contribution in [2.24, 2.45) is 4.99 Å². The molecule has 0 aromatic heterocycles. The van der Waals surface area contributed by atoms with Gasteiger partial charge in [-0.1, -0.05) is 12.1 Å². The largest absolute Gasteiger partial charge is 0.507 e. The highest BCUT2D eigenvalue weighted by molar-refractivity contribution is 6.40. The molecule has 1 N–H and O–H groups in total. The van der Waals surface area contributed by atoms with Crippen molar-refractivity contribution in [3.05, 3.63) is 41.6 Å². The molecule has 0 fully saturated rings. The number of carbonyl (C=O) groups is 2. The Balaban J connectivity index is 1.90. The highest BCUT2D eigenvalue weighted by Crippen LogP contribution is 2.18. The molecule has 1 heterocycles. The van der Waals surface area contributed by atoms with E-state index in [-0.39, 0.29) is 23.7 Å². The van der Waals surface area contributed by atoms with Gasteiger partial charge >= 0.3 is 5.97 Å². The summed E-state index contributed by atoms with van der Waals surface area (Å²) in [6.07, 6.45) is 1.94. The number of aliphatic imine (C=N–C) groups is 1. The summed E-state index contributed by atoms with van der Waals surface area (Å²) in [5, 5.41) is 9.51. The van der Waals surface area contributed by atoms with Crippen molar-refractivity contribution in [1.82, 2.24) is 0 Å². The van der Waals surface area contributed by atoms with E-state index in [2.05, 4.69) is 4.99 Å². The number of esters is 1. The van der Waals surface area contributed by atoms with E-state index in [1.165, 1.54) is 25.3 Å². The minimum atomic E-state index is -0.602. The van der Waals surface area contributed by atoms with Gasteiger partial charge in [0.2, 0.25) is 0 Å². The number of Topliss-reactive ketones (excluding diaryl/α,β-unsaturated/α-hetero) is 1. The Kier molecular flexibility index (Phi) is 3.75. The molecule has 1 aromatic carbocycles. The molecule has 1 aliphatic rings. The summed E-state index contributed by atoms with van der Waals surface area (Å²) in [5.74, 6) is -0.804. The van der Waals surface area contributed by atoms with Gasteiger partial charge in [-0.05, 0) is 17.7 Å². The maximum absolute atomic E-state index is 11.7. The summed E-state index contributed by atoms with van der Waals surface area (Å²) in [6, 6.07) is 6.17. The van der Waals surface area contributed by atoms with Crippen molar-refractivity contribution in [2.45, 2.75) is 13.3 Å². The molecule has 0 aliphatic carbocycles. The van der Waals surface area contributed by atoms with Crippen molar-refractivity contribution in [3.63, 3.8) is 0 Å². The van der Waals surface area contributed by atoms with Crippen molar-refractivity contribution in [2.75, 3.05) is 6.61 Å². The van der Waals surface area contributed by atoms with Crippen LogP contribution in [0.4, 0.5) is 0 Å². The smallest absolute Gasteiger partial charge is 0.342 e. The standard InChI is InChI=1S/C14H13NO4/c1-9(16)12-6-10(7-15-12)8-19-14(18)11-4-2-3-5-13(11)17/h2-5,7,17H,6,8H2,1H3. The first-order valence-electron chi connectivity index (χ1n) is 5.78. The van der Waals surface area contributed by atoms with Crippen LogP contribution in [0.1, 0.15) is 23.7 Å². The van der Waals surface area contributed by atoms with Crippen molar-refractivity contribution in [3.8, 4) is 5.75 Å². The van der Waals surface area contributed by atoms with Gasteiger partial charge in [-0.25, -0.2) is 4.79 Å². The van der Waals surface area contributed by atoms with E-state index in [0.29, 0.717) is 12.1 Å². The Morgan fingerprint density at radius 2 is 2.11 bits per heavy atom. The van der Waals surface area contributed by atoms with Crippen LogP contribution in [0.3, 0.4) is 0 Å². The summed E-state index contributed by atoms with van der Waals surface area (Å²) in [6.45, 7) is 1.51. The molecule has 5 heteroatoms. The number of ketones is 1. The lowest BCUT2D eigenvalue weighted by atomic mass is 10.1. The number of para-hydroxylation sites is 1. The predicted octanol–water partition coefficient (Wildman–Crippen LogP) is 1.87. The average Bonchev–Trinajstić information content (AvgIpc) is 2.85. The lowest BCUT2D eigenvalue weighted by molar-refractivity contribution is -0.111. The minimum Gasteiger partial charge on any atom is -0.507 e. The first kappa shape index (κ1) is 13.0. The number of hydrogen-bond donors (Lipinski definition) is 1. The number of phenols is 1.